The number of nitro groups is 1. The average Bonchev–Trinajstić information content (AvgIpc) is 3.23. The molecule has 0 aliphatic carbocycles. The predicted octanol–water partition coefficient (Wildman–Crippen LogP) is 6.08. The van der Waals surface area contributed by atoms with Gasteiger partial charge >= 0.3 is 0 Å². The largest absolute Gasteiger partial charge is 0.294 e. The number of rotatable bonds is 7. The minimum atomic E-state index is -0.489. The maximum Gasteiger partial charge on any atom is 0.269 e. The molecule has 31 heavy (non-hydrogen) atoms. The van der Waals surface area contributed by atoms with Gasteiger partial charge in [0.25, 0.3) is 5.69 Å². The van der Waals surface area contributed by atoms with E-state index in [1.807, 2.05) is 53.2 Å². The zero-order chi connectivity index (χ0) is 21.8. The van der Waals surface area contributed by atoms with Crippen LogP contribution in [0.25, 0.3) is 16.9 Å². The fourth-order valence-corrected chi connectivity index (χ4v) is 4.00. The van der Waals surface area contributed by atoms with Crippen LogP contribution in [0.4, 0.5) is 5.69 Å². The van der Waals surface area contributed by atoms with Crippen molar-refractivity contribution in [2.24, 2.45) is 0 Å². The summed E-state index contributed by atoms with van der Waals surface area (Å²) in [6.45, 7) is 0. The molecule has 8 heteroatoms. The van der Waals surface area contributed by atoms with Crippen molar-refractivity contribution in [3.05, 3.63) is 106 Å². The van der Waals surface area contributed by atoms with E-state index in [1.54, 1.807) is 12.1 Å². The van der Waals surface area contributed by atoms with Crippen LogP contribution in [0.1, 0.15) is 10.4 Å². The number of carbonyl (C=O) groups excluding carboxylic acids is 1. The van der Waals surface area contributed by atoms with Crippen molar-refractivity contribution in [1.29, 1.82) is 0 Å². The molecule has 6 nitrogen and oxygen atoms in total. The minimum absolute atomic E-state index is 0.0463. The van der Waals surface area contributed by atoms with Crippen LogP contribution in [-0.2, 0) is 0 Å². The van der Waals surface area contributed by atoms with Gasteiger partial charge in [0.1, 0.15) is 0 Å². The van der Waals surface area contributed by atoms with Gasteiger partial charge in [-0.1, -0.05) is 53.7 Å². The van der Waals surface area contributed by atoms with Crippen LogP contribution in [0.2, 0.25) is 5.02 Å². The van der Waals surface area contributed by atoms with Gasteiger partial charge in [0, 0.05) is 40.2 Å². The number of carbonyl (C=O) groups is 1. The quantitative estimate of drug-likeness (QED) is 0.148. The Kier molecular flexibility index (Phi) is 6.16. The first kappa shape index (κ1) is 20.8. The van der Waals surface area contributed by atoms with Gasteiger partial charge in [0.05, 0.1) is 16.4 Å². The van der Waals surface area contributed by atoms with Crippen LogP contribution in [0, 0.1) is 10.1 Å². The number of thioether (sulfide) groups is 1. The number of imidazole rings is 1. The Labute approximate surface area is 187 Å². The van der Waals surface area contributed by atoms with Gasteiger partial charge in [-0.25, -0.2) is 4.98 Å². The van der Waals surface area contributed by atoms with Gasteiger partial charge in [-0.2, -0.15) is 0 Å². The molecule has 0 saturated heterocycles. The summed E-state index contributed by atoms with van der Waals surface area (Å²) in [6, 6.07) is 22.8. The summed E-state index contributed by atoms with van der Waals surface area (Å²) in [6.07, 6.45) is 1.93. The maximum absolute atomic E-state index is 12.6. The van der Waals surface area contributed by atoms with Crippen LogP contribution < -0.4 is 0 Å². The first-order chi connectivity index (χ1) is 15.0. The number of halogens is 1. The Morgan fingerprint density at radius 1 is 1.00 bits per heavy atom. The molecule has 1 aromatic heterocycles. The van der Waals surface area contributed by atoms with Crippen molar-refractivity contribution in [3.8, 4) is 16.9 Å². The average molecular weight is 450 g/mol. The molecule has 1 heterocycles. The molecule has 0 atom stereocenters. The van der Waals surface area contributed by atoms with E-state index < -0.39 is 4.92 Å². The number of aromatic nitrogens is 2. The van der Waals surface area contributed by atoms with Gasteiger partial charge in [0.2, 0.25) is 0 Å². The standard InChI is InChI=1S/C23H16ClN3O3S/c24-18-8-12-19(13-9-18)26-14-21(16-4-2-1-3-5-16)25-23(26)31-15-22(28)17-6-10-20(11-7-17)27(29)30/h1-14H,15H2. The number of hydrogen-bond acceptors (Lipinski definition) is 5. The summed E-state index contributed by atoms with van der Waals surface area (Å²) >= 11 is 7.33. The molecule has 0 saturated carbocycles. The third-order valence-electron chi connectivity index (χ3n) is 4.58. The van der Waals surface area contributed by atoms with Crippen molar-refractivity contribution >= 4 is 34.8 Å². The molecule has 0 aliphatic rings. The fourth-order valence-electron chi connectivity index (χ4n) is 2.98. The lowest BCUT2D eigenvalue weighted by molar-refractivity contribution is -0.384. The Morgan fingerprint density at radius 2 is 1.68 bits per heavy atom. The second kappa shape index (κ2) is 9.16. The van der Waals surface area contributed by atoms with E-state index in [0.717, 1.165) is 16.9 Å². The highest BCUT2D eigenvalue weighted by molar-refractivity contribution is 7.99. The molecular formula is C23H16ClN3O3S. The Hall–Kier alpha value is -3.42. The first-order valence-electron chi connectivity index (χ1n) is 9.32. The van der Waals surface area contributed by atoms with E-state index in [1.165, 1.54) is 36.0 Å². The van der Waals surface area contributed by atoms with Gasteiger partial charge in [-0.15, -0.1) is 0 Å². The third-order valence-corrected chi connectivity index (χ3v) is 5.79. The summed E-state index contributed by atoms with van der Waals surface area (Å²) < 4.78 is 1.92. The number of hydrogen-bond donors (Lipinski definition) is 0. The van der Waals surface area contributed by atoms with Crippen molar-refractivity contribution in [2.75, 3.05) is 5.75 Å². The lowest BCUT2D eigenvalue weighted by atomic mass is 10.1. The third kappa shape index (κ3) is 4.84. The molecule has 4 aromatic rings. The molecule has 0 radical (unpaired) electrons. The van der Waals surface area contributed by atoms with Crippen LogP contribution in [-0.4, -0.2) is 26.0 Å². The number of benzene rings is 3. The molecule has 0 bridgehead atoms. The lowest BCUT2D eigenvalue weighted by Crippen LogP contribution is -2.04. The second-order valence-electron chi connectivity index (χ2n) is 6.64. The summed E-state index contributed by atoms with van der Waals surface area (Å²) in [7, 11) is 0. The molecule has 154 valence electrons. The lowest BCUT2D eigenvalue weighted by Gasteiger charge is -2.07. The van der Waals surface area contributed by atoms with Crippen LogP contribution in [0.5, 0.6) is 0 Å². The molecular weight excluding hydrogens is 434 g/mol. The fraction of sp³-hybridized carbons (Fsp3) is 0.0435. The predicted molar refractivity (Wildman–Crippen MR) is 122 cm³/mol. The highest BCUT2D eigenvalue weighted by Gasteiger charge is 2.15. The number of nitrogens with zero attached hydrogens (tertiary/aromatic N) is 3. The summed E-state index contributed by atoms with van der Waals surface area (Å²) in [5, 5.41) is 12.1. The SMILES string of the molecule is O=C(CSc1nc(-c2ccccc2)cn1-c1ccc(Cl)cc1)c1ccc([N+](=O)[O-])cc1. The second-order valence-corrected chi connectivity index (χ2v) is 8.02. The van der Waals surface area contributed by atoms with Crippen molar-refractivity contribution in [1.82, 2.24) is 9.55 Å². The Balaban J connectivity index is 1.60. The van der Waals surface area contributed by atoms with Crippen molar-refractivity contribution in [2.45, 2.75) is 5.16 Å². The van der Waals surface area contributed by atoms with Crippen LogP contribution >= 0.6 is 23.4 Å². The molecule has 0 aliphatic heterocycles. The Bertz CT molecular complexity index is 1220. The number of ketones is 1. The van der Waals surface area contributed by atoms with Crippen molar-refractivity contribution < 1.29 is 9.72 Å². The van der Waals surface area contributed by atoms with Crippen LogP contribution in [0.3, 0.4) is 0 Å². The Morgan fingerprint density at radius 3 is 2.32 bits per heavy atom. The number of Topliss-reactive ketones (excluding diaryl/α,β-unsaturated/α-hetero) is 1. The summed E-state index contributed by atoms with van der Waals surface area (Å²) in [4.78, 5) is 27.7. The molecule has 0 unspecified atom stereocenters. The van der Waals surface area contributed by atoms with Gasteiger partial charge in [-0.05, 0) is 36.4 Å². The molecule has 0 amide bonds. The minimum Gasteiger partial charge on any atom is -0.294 e. The normalized spacial score (nSPS) is 10.7. The zero-order valence-electron chi connectivity index (χ0n) is 16.1. The summed E-state index contributed by atoms with van der Waals surface area (Å²) in [5.74, 6) is 0.0169. The number of nitro benzene ring substituents is 1. The highest BCUT2D eigenvalue weighted by atomic mass is 35.5. The molecule has 0 fully saturated rings. The van der Waals surface area contributed by atoms with E-state index >= 15 is 0 Å². The maximum atomic E-state index is 12.6. The molecule has 3 aromatic carbocycles. The van der Waals surface area contributed by atoms with E-state index in [2.05, 4.69) is 0 Å². The van der Waals surface area contributed by atoms with Gasteiger partial charge in [0.15, 0.2) is 10.9 Å². The monoisotopic (exact) mass is 449 g/mol. The van der Waals surface area contributed by atoms with Crippen LogP contribution in [0.15, 0.2) is 90.2 Å². The zero-order valence-corrected chi connectivity index (χ0v) is 17.7. The topological polar surface area (TPSA) is 78.0 Å². The molecule has 0 N–H and O–H groups in total. The molecule has 0 spiro atoms. The van der Waals surface area contributed by atoms with E-state index in [0.29, 0.717) is 15.7 Å². The highest BCUT2D eigenvalue weighted by Crippen LogP contribution is 2.28. The summed E-state index contributed by atoms with van der Waals surface area (Å²) in [5.41, 5.74) is 3.02. The van der Waals surface area contributed by atoms with Crippen molar-refractivity contribution in [3.63, 3.8) is 0 Å². The molecule has 4 rings (SSSR count). The number of non-ortho nitro benzene ring substituents is 1. The first-order valence-corrected chi connectivity index (χ1v) is 10.7. The van der Waals surface area contributed by atoms with Gasteiger partial charge < -0.3 is 0 Å². The van der Waals surface area contributed by atoms with E-state index in [4.69, 9.17) is 16.6 Å². The van der Waals surface area contributed by atoms with Gasteiger partial charge in [-0.3, -0.25) is 19.5 Å². The van der Waals surface area contributed by atoms with E-state index in [9.17, 15) is 14.9 Å². The smallest absolute Gasteiger partial charge is 0.269 e. The van der Waals surface area contributed by atoms with E-state index in [-0.39, 0.29) is 17.2 Å².